The minimum atomic E-state index is 0.0764. The smallest absolute Gasteiger partial charge is 0.242 e. The van der Waals surface area contributed by atoms with Crippen molar-refractivity contribution in [1.29, 1.82) is 0 Å². The van der Waals surface area contributed by atoms with Crippen LogP contribution in [0, 0.1) is 6.92 Å². The van der Waals surface area contributed by atoms with Crippen LogP contribution in [0.1, 0.15) is 17.8 Å². The van der Waals surface area contributed by atoms with Gasteiger partial charge in [-0.2, -0.15) is 0 Å². The molecule has 26 heavy (non-hydrogen) atoms. The normalized spacial score (nSPS) is 17.3. The molecule has 0 N–H and O–H groups in total. The predicted molar refractivity (Wildman–Crippen MR) is 100 cm³/mol. The van der Waals surface area contributed by atoms with Gasteiger partial charge in [0.15, 0.2) is 0 Å². The van der Waals surface area contributed by atoms with Crippen molar-refractivity contribution in [2.45, 2.75) is 32.4 Å². The molecule has 0 aliphatic carbocycles. The van der Waals surface area contributed by atoms with Gasteiger partial charge in [0.05, 0.1) is 12.7 Å². The lowest BCUT2D eigenvalue weighted by Gasteiger charge is -2.33. The molecule has 1 saturated heterocycles. The van der Waals surface area contributed by atoms with Gasteiger partial charge in [0.25, 0.3) is 0 Å². The number of rotatable bonds is 6. The maximum Gasteiger partial charge on any atom is 0.242 e. The van der Waals surface area contributed by atoms with Crippen molar-refractivity contribution in [3.8, 4) is 0 Å². The Morgan fingerprint density at radius 2 is 2.19 bits per heavy atom. The van der Waals surface area contributed by atoms with Crippen LogP contribution in [-0.2, 0) is 22.5 Å². The number of anilines is 1. The lowest BCUT2D eigenvalue weighted by atomic mass is 10.1. The molecule has 1 fully saturated rings. The second-order valence-corrected chi connectivity index (χ2v) is 6.89. The van der Waals surface area contributed by atoms with E-state index in [0.29, 0.717) is 26.2 Å². The third-order valence-electron chi connectivity index (χ3n) is 4.74. The maximum absolute atomic E-state index is 12.6. The molecule has 1 unspecified atom stereocenters. The molecule has 3 heterocycles. The minimum Gasteiger partial charge on any atom is -0.375 e. The van der Waals surface area contributed by atoms with Gasteiger partial charge in [-0.05, 0) is 37.5 Å². The molecule has 2 aromatic rings. The second-order valence-electron chi connectivity index (χ2n) is 6.89. The molecule has 1 atom stereocenters. The quantitative estimate of drug-likeness (QED) is 0.784. The molecule has 7 heteroatoms. The molecule has 0 bridgehead atoms. The van der Waals surface area contributed by atoms with Crippen LogP contribution in [0.4, 0.5) is 5.82 Å². The number of morpholine rings is 1. The van der Waals surface area contributed by atoms with Gasteiger partial charge in [-0.25, -0.2) is 9.97 Å². The van der Waals surface area contributed by atoms with Crippen LogP contribution in [0.3, 0.4) is 0 Å². The number of nitrogens with zero attached hydrogens (tertiary/aromatic N) is 5. The summed E-state index contributed by atoms with van der Waals surface area (Å²) >= 11 is 0. The average molecular weight is 357 g/mol. The van der Waals surface area contributed by atoms with Gasteiger partial charge < -0.3 is 19.1 Å². The summed E-state index contributed by atoms with van der Waals surface area (Å²) in [5.74, 6) is 1.94. The lowest BCUT2D eigenvalue weighted by molar-refractivity contribution is -0.139. The summed E-state index contributed by atoms with van der Waals surface area (Å²) in [5, 5.41) is 0. The van der Waals surface area contributed by atoms with Crippen molar-refractivity contribution in [3.05, 3.63) is 42.1 Å². The van der Waals surface area contributed by atoms with Crippen LogP contribution in [0.15, 0.2) is 30.7 Å². The molecular weight excluding hydrogens is 330 g/mol. The van der Waals surface area contributed by atoms with Crippen molar-refractivity contribution in [2.24, 2.45) is 0 Å². The fourth-order valence-corrected chi connectivity index (χ4v) is 3.13. The third kappa shape index (κ3) is 4.60. The Morgan fingerprint density at radius 1 is 1.35 bits per heavy atom. The second kappa shape index (κ2) is 8.31. The molecule has 2 aromatic heterocycles. The van der Waals surface area contributed by atoms with E-state index in [4.69, 9.17) is 4.74 Å². The fourth-order valence-electron chi connectivity index (χ4n) is 3.13. The van der Waals surface area contributed by atoms with E-state index >= 15 is 0 Å². The van der Waals surface area contributed by atoms with Gasteiger partial charge in [-0.3, -0.25) is 4.79 Å². The number of imidazole rings is 1. The van der Waals surface area contributed by atoms with Gasteiger partial charge in [0, 0.05) is 45.8 Å². The molecule has 1 aliphatic rings. The third-order valence-corrected chi connectivity index (χ3v) is 4.74. The van der Waals surface area contributed by atoms with E-state index in [1.165, 1.54) is 5.56 Å². The molecule has 1 amide bonds. The van der Waals surface area contributed by atoms with Crippen LogP contribution in [0.5, 0.6) is 0 Å². The first-order valence-electron chi connectivity index (χ1n) is 9.02. The van der Waals surface area contributed by atoms with Gasteiger partial charge in [-0.1, -0.05) is 0 Å². The molecule has 140 valence electrons. The number of hydrogen-bond acceptors (Lipinski definition) is 5. The van der Waals surface area contributed by atoms with Crippen LogP contribution >= 0.6 is 0 Å². The van der Waals surface area contributed by atoms with E-state index in [-0.39, 0.29) is 12.0 Å². The van der Waals surface area contributed by atoms with E-state index in [1.54, 1.807) is 6.20 Å². The molecule has 0 radical (unpaired) electrons. The highest BCUT2D eigenvalue weighted by Crippen LogP contribution is 2.16. The zero-order valence-electron chi connectivity index (χ0n) is 15.8. The largest absolute Gasteiger partial charge is 0.375 e. The molecule has 1 aliphatic heterocycles. The Labute approximate surface area is 154 Å². The minimum absolute atomic E-state index is 0.0764. The summed E-state index contributed by atoms with van der Waals surface area (Å²) in [5.41, 5.74) is 1.24. The lowest BCUT2D eigenvalue weighted by Crippen LogP contribution is -2.46. The van der Waals surface area contributed by atoms with E-state index in [2.05, 4.69) is 16.0 Å². The average Bonchev–Trinajstić information content (AvgIpc) is 3.05. The van der Waals surface area contributed by atoms with Gasteiger partial charge >= 0.3 is 0 Å². The van der Waals surface area contributed by atoms with Gasteiger partial charge in [-0.15, -0.1) is 0 Å². The predicted octanol–water partition coefficient (Wildman–Crippen LogP) is 1.51. The van der Waals surface area contributed by atoms with Gasteiger partial charge in [0.2, 0.25) is 5.91 Å². The Morgan fingerprint density at radius 3 is 2.92 bits per heavy atom. The maximum atomic E-state index is 12.6. The number of ether oxygens (including phenoxy) is 1. The number of hydrogen-bond donors (Lipinski definition) is 0. The molecule has 3 rings (SSSR count). The summed E-state index contributed by atoms with van der Waals surface area (Å²) in [6, 6.07) is 4.15. The van der Waals surface area contributed by atoms with Crippen LogP contribution in [0.25, 0.3) is 0 Å². The summed E-state index contributed by atoms with van der Waals surface area (Å²) in [6.45, 7) is 4.15. The number of carbonyl (C=O) groups excluding carboxylic acids is 1. The Bertz CT molecular complexity index is 743. The first kappa shape index (κ1) is 18.4. The standard InChI is InChI=1S/C19H27N5O2/c1-15-20-8-9-23(15)14-19(25)24-10-11-26-17(13-24)5-4-16-6-7-21-18(12-16)22(2)3/h6-9,12,17H,4-5,10-11,13-14H2,1-3H3. The zero-order valence-corrected chi connectivity index (χ0v) is 15.8. The highest BCUT2D eigenvalue weighted by Gasteiger charge is 2.24. The van der Waals surface area contributed by atoms with Crippen molar-refractivity contribution in [3.63, 3.8) is 0 Å². The van der Waals surface area contributed by atoms with Crippen molar-refractivity contribution >= 4 is 11.7 Å². The van der Waals surface area contributed by atoms with E-state index < -0.39 is 0 Å². The van der Waals surface area contributed by atoms with Crippen molar-refractivity contribution < 1.29 is 9.53 Å². The highest BCUT2D eigenvalue weighted by atomic mass is 16.5. The van der Waals surface area contributed by atoms with Crippen LogP contribution < -0.4 is 4.90 Å². The molecule has 0 spiro atoms. The number of carbonyl (C=O) groups is 1. The summed E-state index contributed by atoms with van der Waals surface area (Å²) in [4.78, 5) is 25.0. The van der Waals surface area contributed by atoms with Gasteiger partial charge in [0.1, 0.15) is 18.2 Å². The fraction of sp³-hybridized carbons (Fsp3) is 0.526. The highest BCUT2D eigenvalue weighted by molar-refractivity contribution is 5.76. The Hall–Kier alpha value is -2.41. The number of aromatic nitrogens is 3. The molecule has 0 aromatic carbocycles. The Balaban J connectivity index is 1.53. The molecule has 7 nitrogen and oxygen atoms in total. The van der Waals surface area contributed by atoms with Crippen LogP contribution in [-0.4, -0.2) is 65.2 Å². The molecule has 0 saturated carbocycles. The Kier molecular flexibility index (Phi) is 5.88. The van der Waals surface area contributed by atoms with Crippen LogP contribution in [0.2, 0.25) is 0 Å². The summed E-state index contributed by atoms with van der Waals surface area (Å²) < 4.78 is 7.76. The zero-order chi connectivity index (χ0) is 18.5. The van der Waals surface area contributed by atoms with E-state index in [9.17, 15) is 4.79 Å². The molecular formula is C19H27N5O2. The van der Waals surface area contributed by atoms with E-state index in [1.807, 2.05) is 53.8 Å². The number of pyridine rings is 1. The summed E-state index contributed by atoms with van der Waals surface area (Å²) in [6.07, 6.45) is 7.29. The topological polar surface area (TPSA) is 63.5 Å². The first-order chi connectivity index (χ1) is 12.5. The number of aryl methyl sites for hydroxylation is 2. The number of amides is 1. The SMILES string of the molecule is Cc1nccn1CC(=O)N1CCOC(CCc2ccnc(N(C)C)c2)C1. The van der Waals surface area contributed by atoms with E-state index in [0.717, 1.165) is 24.5 Å². The van der Waals surface area contributed by atoms with Crippen molar-refractivity contribution in [1.82, 2.24) is 19.4 Å². The first-order valence-corrected chi connectivity index (χ1v) is 9.02. The monoisotopic (exact) mass is 357 g/mol. The summed E-state index contributed by atoms with van der Waals surface area (Å²) in [7, 11) is 3.98. The van der Waals surface area contributed by atoms with Crippen molar-refractivity contribution in [2.75, 3.05) is 38.7 Å².